The van der Waals surface area contributed by atoms with Crippen LogP contribution in [0.3, 0.4) is 0 Å². The van der Waals surface area contributed by atoms with Gasteiger partial charge in [0.25, 0.3) is 0 Å². The summed E-state index contributed by atoms with van der Waals surface area (Å²) in [5.74, 6) is 0.437. The molecule has 2 fully saturated rings. The molecule has 1 aliphatic heterocycles. The molecule has 1 aromatic rings. The first-order valence-electron chi connectivity index (χ1n) is 5.86. The molecule has 1 spiro atoms. The summed E-state index contributed by atoms with van der Waals surface area (Å²) in [6.45, 7) is 0.745. The Balaban J connectivity index is 1.73. The normalized spacial score (nSPS) is 27.6. The fourth-order valence-corrected chi connectivity index (χ4v) is 3.35. The molecule has 16 heavy (non-hydrogen) atoms. The number of ether oxygens (including phenoxy) is 1. The average molecular weight is 237 g/mol. The molecule has 0 bridgehead atoms. The highest BCUT2D eigenvalue weighted by Gasteiger charge is 2.44. The van der Waals surface area contributed by atoms with Crippen LogP contribution in [0.4, 0.5) is 0 Å². The summed E-state index contributed by atoms with van der Waals surface area (Å²) in [4.78, 5) is 17.0. The molecule has 1 saturated carbocycles. The zero-order chi connectivity index (χ0) is 11.0. The van der Waals surface area contributed by atoms with Crippen LogP contribution in [0.15, 0.2) is 11.7 Å². The predicted molar refractivity (Wildman–Crippen MR) is 61.7 cm³/mol. The van der Waals surface area contributed by atoms with Gasteiger partial charge in [-0.15, -0.1) is 11.3 Å². The minimum absolute atomic E-state index is 0.0588. The number of carbonyl (C=O) groups excluding carboxylic acids is 1. The number of thiazole rings is 1. The number of carbonyl (C=O) groups is 1. The third kappa shape index (κ3) is 1.70. The number of nitrogens with zero attached hydrogens (tertiary/aromatic N) is 1. The maximum absolute atomic E-state index is 12.2. The lowest BCUT2D eigenvalue weighted by Gasteiger charge is -2.46. The first-order chi connectivity index (χ1) is 7.79. The second-order valence-corrected chi connectivity index (χ2v) is 5.69. The van der Waals surface area contributed by atoms with Gasteiger partial charge in [-0.05, 0) is 32.1 Å². The molecule has 0 amide bonds. The summed E-state index contributed by atoms with van der Waals surface area (Å²) >= 11 is 1.45. The lowest BCUT2D eigenvalue weighted by atomic mass is 9.71. The van der Waals surface area contributed by atoms with Crippen molar-refractivity contribution in [3.05, 3.63) is 16.6 Å². The van der Waals surface area contributed by atoms with E-state index in [-0.39, 0.29) is 17.3 Å². The predicted octanol–water partition coefficient (Wildman–Crippen LogP) is 2.68. The van der Waals surface area contributed by atoms with Crippen molar-refractivity contribution in [2.24, 2.45) is 5.92 Å². The van der Waals surface area contributed by atoms with Crippen LogP contribution >= 0.6 is 11.3 Å². The molecule has 86 valence electrons. The Morgan fingerprint density at radius 3 is 3.06 bits per heavy atom. The Morgan fingerprint density at radius 2 is 2.44 bits per heavy atom. The van der Waals surface area contributed by atoms with Crippen molar-refractivity contribution in [2.75, 3.05) is 6.61 Å². The number of ketones is 1. The van der Waals surface area contributed by atoms with Gasteiger partial charge in [0, 0.05) is 18.7 Å². The second kappa shape index (κ2) is 3.93. The summed E-state index contributed by atoms with van der Waals surface area (Å²) in [6, 6.07) is 0. The third-order valence-corrected chi connectivity index (χ3v) is 4.59. The second-order valence-electron chi connectivity index (χ2n) is 4.80. The van der Waals surface area contributed by atoms with Crippen LogP contribution in [0.5, 0.6) is 0 Å². The molecule has 2 heterocycles. The average Bonchev–Trinajstić information content (AvgIpc) is 2.79. The van der Waals surface area contributed by atoms with E-state index in [1.54, 1.807) is 11.7 Å². The summed E-state index contributed by atoms with van der Waals surface area (Å²) in [7, 11) is 0. The molecule has 1 aliphatic carbocycles. The van der Waals surface area contributed by atoms with Gasteiger partial charge in [-0.25, -0.2) is 0 Å². The fourth-order valence-electron chi connectivity index (χ4n) is 2.71. The van der Waals surface area contributed by atoms with Crippen LogP contribution in [-0.2, 0) is 4.74 Å². The van der Waals surface area contributed by atoms with Crippen molar-refractivity contribution in [3.63, 3.8) is 0 Å². The molecule has 0 radical (unpaired) electrons. The molecule has 2 aliphatic rings. The van der Waals surface area contributed by atoms with Crippen molar-refractivity contribution in [2.45, 2.75) is 37.7 Å². The number of hydrogen-bond acceptors (Lipinski definition) is 4. The smallest absolute Gasteiger partial charge is 0.177 e. The zero-order valence-electron chi connectivity index (χ0n) is 9.15. The Kier molecular flexibility index (Phi) is 2.56. The Hall–Kier alpha value is -0.740. The van der Waals surface area contributed by atoms with Crippen LogP contribution in [0.2, 0.25) is 0 Å². The highest BCUT2D eigenvalue weighted by atomic mass is 32.1. The van der Waals surface area contributed by atoms with Gasteiger partial charge in [-0.3, -0.25) is 9.78 Å². The van der Waals surface area contributed by atoms with Crippen LogP contribution in [-0.4, -0.2) is 23.0 Å². The molecule has 1 unspecified atom stereocenters. The molecule has 3 rings (SSSR count). The monoisotopic (exact) mass is 237 g/mol. The molecule has 3 nitrogen and oxygen atoms in total. The number of aromatic nitrogens is 1. The van der Waals surface area contributed by atoms with E-state index in [2.05, 4.69) is 4.98 Å². The lowest BCUT2D eigenvalue weighted by Crippen LogP contribution is -2.46. The highest BCUT2D eigenvalue weighted by Crippen LogP contribution is 2.44. The van der Waals surface area contributed by atoms with Gasteiger partial charge >= 0.3 is 0 Å². The number of hydrogen-bond donors (Lipinski definition) is 0. The summed E-state index contributed by atoms with van der Waals surface area (Å²) in [5.41, 5.74) is 1.79. The van der Waals surface area contributed by atoms with Gasteiger partial charge in [0.2, 0.25) is 0 Å². The minimum atomic E-state index is 0.0588. The molecular formula is C12H15NO2S. The quantitative estimate of drug-likeness (QED) is 0.742. The molecule has 4 heteroatoms. The van der Waals surface area contributed by atoms with Crippen molar-refractivity contribution in [3.8, 4) is 0 Å². The van der Waals surface area contributed by atoms with E-state index in [1.165, 1.54) is 17.8 Å². The molecule has 0 N–H and O–H groups in total. The largest absolute Gasteiger partial charge is 0.375 e. The van der Waals surface area contributed by atoms with Gasteiger partial charge in [-0.2, -0.15) is 0 Å². The molecule has 1 aromatic heterocycles. The number of Topliss-reactive ketones (excluding diaryl/α,β-unsaturated/α-hetero) is 1. The van der Waals surface area contributed by atoms with Gasteiger partial charge in [0.15, 0.2) is 5.78 Å². The standard InChI is InChI=1S/C12H15NO2S/c14-11(10-7-13-8-16-10)9-2-5-15-12(6-9)3-1-4-12/h7-9H,1-6H2. The van der Waals surface area contributed by atoms with Gasteiger partial charge < -0.3 is 4.74 Å². The SMILES string of the molecule is O=C(c1cncs1)C1CCOC2(CCC2)C1. The maximum atomic E-state index is 12.2. The topological polar surface area (TPSA) is 39.2 Å². The van der Waals surface area contributed by atoms with E-state index < -0.39 is 0 Å². The van der Waals surface area contributed by atoms with E-state index in [9.17, 15) is 4.79 Å². The Morgan fingerprint density at radius 1 is 1.56 bits per heavy atom. The Labute approximate surface area is 98.8 Å². The third-order valence-electron chi connectivity index (χ3n) is 3.80. The van der Waals surface area contributed by atoms with Gasteiger partial charge in [0.1, 0.15) is 0 Å². The van der Waals surface area contributed by atoms with Crippen LogP contribution in [0, 0.1) is 5.92 Å². The lowest BCUT2D eigenvalue weighted by molar-refractivity contribution is -0.137. The van der Waals surface area contributed by atoms with Crippen molar-refractivity contribution < 1.29 is 9.53 Å². The first kappa shape index (κ1) is 10.4. The summed E-state index contributed by atoms with van der Waals surface area (Å²) in [6.07, 6.45) is 7.01. The van der Waals surface area contributed by atoms with E-state index in [1.807, 2.05) is 0 Å². The van der Waals surface area contributed by atoms with Crippen LogP contribution in [0.1, 0.15) is 41.8 Å². The van der Waals surface area contributed by atoms with Crippen molar-refractivity contribution >= 4 is 17.1 Å². The van der Waals surface area contributed by atoms with E-state index in [0.29, 0.717) is 0 Å². The minimum Gasteiger partial charge on any atom is -0.375 e. The first-order valence-corrected chi connectivity index (χ1v) is 6.74. The van der Waals surface area contributed by atoms with Gasteiger partial charge in [0.05, 0.1) is 16.0 Å². The van der Waals surface area contributed by atoms with E-state index >= 15 is 0 Å². The summed E-state index contributed by atoms with van der Waals surface area (Å²) in [5, 5.41) is 0. The van der Waals surface area contributed by atoms with Crippen molar-refractivity contribution in [1.29, 1.82) is 0 Å². The molecule has 1 atom stereocenters. The van der Waals surface area contributed by atoms with Crippen LogP contribution < -0.4 is 0 Å². The van der Waals surface area contributed by atoms with E-state index in [0.717, 1.165) is 37.2 Å². The maximum Gasteiger partial charge on any atom is 0.177 e. The Bertz CT molecular complexity index is 384. The zero-order valence-corrected chi connectivity index (χ0v) is 9.96. The van der Waals surface area contributed by atoms with Crippen molar-refractivity contribution in [1.82, 2.24) is 4.98 Å². The summed E-state index contributed by atoms with van der Waals surface area (Å²) < 4.78 is 5.83. The highest BCUT2D eigenvalue weighted by molar-refractivity contribution is 7.11. The van der Waals surface area contributed by atoms with Gasteiger partial charge in [-0.1, -0.05) is 0 Å². The fraction of sp³-hybridized carbons (Fsp3) is 0.667. The molecule has 0 aromatic carbocycles. The molecular weight excluding hydrogens is 222 g/mol. The van der Waals surface area contributed by atoms with E-state index in [4.69, 9.17) is 4.74 Å². The molecule has 1 saturated heterocycles. The number of rotatable bonds is 2. The van der Waals surface area contributed by atoms with Crippen LogP contribution in [0.25, 0.3) is 0 Å².